The first kappa shape index (κ1) is 17.5. The minimum absolute atomic E-state index is 0.183. The number of nitrogens with zero attached hydrogens (tertiary/aromatic N) is 2. The molecule has 5 nitrogen and oxygen atoms in total. The summed E-state index contributed by atoms with van der Waals surface area (Å²) in [6.45, 7) is 0. The molecule has 0 N–H and O–H groups in total. The zero-order valence-electron chi connectivity index (χ0n) is 15.2. The number of furan rings is 1. The number of imide groups is 1. The van der Waals surface area contributed by atoms with Crippen molar-refractivity contribution in [2.75, 3.05) is 0 Å². The van der Waals surface area contributed by atoms with Gasteiger partial charge in [-0.05, 0) is 60.4 Å². The Morgan fingerprint density at radius 1 is 1.03 bits per heavy atom. The summed E-state index contributed by atoms with van der Waals surface area (Å²) in [5.41, 5.74) is 0.849. The minimum atomic E-state index is -0.255. The highest BCUT2D eigenvalue weighted by atomic mass is 35.5. The molecule has 2 aromatic rings. The van der Waals surface area contributed by atoms with Gasteiger partial charge in [0, 0.05) is 10.6 Å². The van der Waals surface area contributed by atoms with E-state index < -0.39 is 0 Å². The molecule has 29 heavy (non-hydrogen) atoms. The fraction of sp³-hybridized carbons (Fsp3) is 0.318. The summed E-state index contributed by atoms with van der Waals surface area (Å²) in [5.74, 6) is 0.446. The molecule has 7 heteroatoms. The van der Waals surface area contributed by atoms with Crippen LogP contribution in [0.25, 0.3) is 11.3 Å². The molecule has 2 heterocycles. The van der Waals surface area contributed by atoms with Gasteiger partial charge in [0.15, 0.2) is 0 Å². The van der Waals surface area contributed by atoms with Crippen LogP contribution in [0.1, 0.15) is 18.6 Å². The molecule has 146 valence electrons. The lowest BCUT2D eigenvalue weighted by Crippen LogP contribution is -2.30. The molecule has 1 aromatic heterocycles. The number of allylic oxidation sites excluding steroid dienone is 2. The van der Waals surface area contributed by atoms with Crippen molar-refractivity contribution < 1.29 is 14.0 Å². The number of carbonyl (C=O) groups is 2. The maximum atomic E-state index is 12.9. The van der Waals surface area contributed by atoms with Gasteiger partial charge in [-0.3, -0.25) is 9.59 Å². The molecule has 3 aliphatic carbocycles. The number of benzene rings is 1. The third-order valence-corrected chi connectivity index (χ3v) is 7.52. The van der Waals surface area contributed by atoms with Crippen molar-refractivity contribution in [1.82, 2.24) is 5.01 Å². The number of rotatable bonds is 3. The maximum Gasteiger partial charge on any atom is 0.254 e. The summed E-state index contributed by atoms with van der Waals surface area (Å²) >= 11 is 12.3. The van der Waals surface area contributed by atoms with Crippen LogP contribution in [0.5, 0.6) is 0 Å². The maximum absolute atomic E-state index is 12.9. The van der Waals surface area contributed by atoms with Crippen molar-refractivity contribution in [3.63, 3.8) is 0 Å². The number of amides is 2. The average molecular weight is 427 g/mol. The summed E-state index contributed by atoms with van der Waals surface area (Å²) in [4.78, 5) is 25.9. The zero-order chi connectivity index (χ0) is 19.9. The lowest BCUT2D eigenvalue weighted by molar-refractivity contribution is -0.141. The lowest BCUT2D eigenvalue weighted by Gasteiger charge is -2.18. The average Bonchev–Trinajstić information content (AvgIpc) is 2.99. The van der Waals surface area contributed by atoms with Crippen molar-refractivity contribution in [3.8, 4) is 11.3 Å². The number of halogens is 2. The molecule has 1 aliphatic heterocycles. The number of fused-ring (bicyclic) bond motifs is 3. The summed E-state index contributed by atoms with van der Waals surface area (Å²) in [6, 6.07) is 8.59. The van der Waals surface area contributed by atoms with Crippen molar-refractivity contribution in [3.05, 3.63) is 58.3 Å². The summed E-state index contributed by atoms with van der Waals surface area (Å²) in [5, 5.41) is 6.28. The van der Waals surface area contributed by atoms with Gasteiger partial charge in [0.25, 0.3) is 11.8 Å². The van der Waals surface area contributed by atoms with Gasteiger partial charge < -0.3 is 4.42 Å². The monoisotopic (exact) mass is 426 g/mol. The Bertz CT molecular complexity index is 1100. The fourth-order valence-electron chi connectivity index (χ4n) is 5.54. The highest BCUT2D eigenvalue weighted by Gasteiger charge is 2.73. The topological polar surface area (TPSA) is 62.9 Å². The summed E-state index contributed by atoms with van der Waals surface area (Å²) in [6.07, 6.45) is 7.93. The van der Waals surface area contributed by atoms with E-state index in [1.54, 1.807) is 30.3 Å². The van der Waals surface area contributed by atoms with Gasteiger partial charge in [-0.15, -0.1) is 0 Å². The van der Waals surface area contributed by atoms with Crippen LogP contribution < -0.4 is 0 Å². The molecule has 0 unspecified atom stereocenters. The van der Waals surface area contributed by atoms with Gasteiger partial charge in [-0.1, -0.05) is 35.4 Å². The molecule has 1 aromatic carbocycles. The molecule has 0 radical (unpaired) electrons. The predicted molar refractivity (Wildman–Crippen MR) is 108 cm³/mol. The lowest BCUT2D eigenvalue weighted by atomic mass is 9.85. The van der Waals surface area contributed by atoms with E-state index in [1.165, 1.54) is 6.21 Å². The van der Waals surface area contributed by atoms with Gasteiger partial charge in [0.05, 0.1) is 23.1 Å². The standard InChI is InChI=1S/C22H16Cl2N2O3/c23-11-1-5-16(24)13(9-11)17-6-2-12(29-17)10-25-26-20(27)18-14-3-4-15(19(18)21(26)28)22(14)7-8-22/h1-6,9-10,14-15,18-19H,7-8H2/b25-10-/t14-,15-,18-,19+/m0/s1. The summed E-state index contributed by atoms with van der Waals surface area (Å²) < 4.78 is 5.77. The first-order chi connectivity index (χ1) is 14.0. The zero-order valence-corrected chi connectivity index (χ0v) is 16.7. The van der Waals surface area contributed by atoms with Gasteiger partial charge in [-0.2, -0.15) is 10.1 Å². The van der Waals surface area contributed by atoms with Crippen LogP contribution in [0.3, 0.4) is 0 Å². The predicted octanol–water partition coefficient (Wildman–Crippen LogP) is 4.78. The Morgan fingerprint density at radius 2 is 1.72 bits per heavy atom. The number of hydrogen-bond acceptors (Lipinski definition) is 4. The SMILES string of the molecule is O=C1[C@@H]2[C@H](C(=O)N1/N=C\c1ccc(-c3cc(Cl)ccc3Cl)o1)[C@@H]1C=C[C@@H]2C12CC2. The van der Waals surface area contributed by atoms with Crippen molar-refractivity contribution in [2.24, 2.45) is 34.2 Å². The van der Waals surface area contributed by atoms with E-state index in [1.807, 2.05) is 0 Å². The smallest absolute Gasteiger partial charge is 0.254 e. The highest BCUT2D eigenvalue weighted by molar-refractivity contribution is 6.35. The molecule has 1 spiro atoms. The van der Waals surface area contributed by atoms with E-state index in [2.05, 4.69) is 17.3 Å². The Morgan fingerprint density at radius 3 is 2.38 bits per heavy atom. The Kier molecular flexibility index (Phi) is 3.52. The van der Waals surface area contributed by atoms with Gasteiger partial charge in [0.2, 0.25) is 0 Å². The molecule has 1 saturated heterocycles. The second-order valence-corrected chi connectivity index (χ2v) is 9.12. The Balaban J connectivity index is 1.25. The molecule has 2 saturated carbocycles. The van der Waals surface area contributed by atoms with Crippen LogP contribution >= 0.6 is 23.2 Å². The number of hydrazone groups is 1. The van der Waals surface area contributed by atoms with Gasteiger partial charge in [-0.25, -0.2) is 0 Å². The van der Waals surface area contributed by atoms with E-state index in [4.69, 9.17) is 27.6 Å². The fourth-order valence-corrected chi connectivity index (χ4v) is 5.93. The second kappa shape index (κ2) is 5.83. The molecular formula is C22H16Cl2N2O3. The van der Waals surface area contributed by atoms with Crippen molar-refractivity contribution in [2.45, 2.75) is 12.8 Å². The quantitative estimate of drug-likeness (QED) is 0.402. The molecule has 2 amide bonds. The summed E-state index contributed by atoms with van der Waals surface area (Å²) in [7, 11) is 0. The molecule has 2 bridgehead atoms. The van der Waals surface area contributed by atoms with E-state index in [9.17, 15) is 9.59 Å². The number of carbonyl (C=O) groups excluding carboxylic acids is 2. The van der Waals surface area contributed by atoms with Gasteiger partial charge >= 0.3 is 0 Å². The third-order valence-electron chi connectivity index (χ3n) is 6.95. The van der Waals surface area contributed by atoms with Gasteiger partial charge in [0.1, 0.15) is 11.5 Å². The molecule has 4 aliphatic rings. The Hall–Kier alpha value is -2.37. The van der Waals surface area contributed by atoms with Crippen LogP contribution in [0.2, 0.25) is 10.0 Å². The van der Waals surface area contributed by atoms with E-state index in [0.717, 1.165) is 17.9 Å². The molecule has 3 fully saturated rings. The van der Waals surface area contributed by atoms with Crippen LogP contribution in [0, 0.1) is 29.1 Å². The molecule has 4 atom stereocenters. The first-order valence-corrected chi connectivity index (χ1v) is 10.4. The highest BCUT2D eigenvalue weighted by Crippen LogP contribution is 2.73. The second-order valence-electron chi connectivity index (χ2n) is 8.28. The number of hydrogen-bond donors (Lipinski definition) is 0. The molecule has 6 rings (SSSR count). The minimum Gasteiger partial charge on any atom is -0.455 e. The molecular weight excluding hydrogens is 411 g/mol. The van der Waals surface area contributed by atoms with Crippen LogP contribution in [0.4, 0.5) is 0 Å². The van der Waals surface area contributed by atoms with Crippen LogP contribution in [0.15, 0.2) is 52.0 Å². The van der Waals surface area contributed by atoms with Crippen LogP contribution in [-0.2, 0) is 9.59 Å². The normalized spacial score (nSPS) is 30.9. The Labute approximate surface area is 177 Å². The van der Waals surface area contributed by atoms with Crippen molar-refractivity contribution in [1.29, 1.82) is 0 Å². The van der Waals surface area contributed by atoms with E-state index in [0.29, 0.717) is 27.1 Å². The van der Waals surface area contributed by atoms with Crippen LogP contribution in [-0.4, -0.2) is 23.0 Å². The largest absolute Gasteiger partial charge is 0.455 e. The first-order valence-electron chi connectivity index (χ1n) is 9.65. The van der Waals surface area contributed by atoms with E-state index >= 15 is 0 Å². The van der Waals surface area contributed by atoms with E-state index in [-0.39, 0.29) is 40.9 Å². The third kappa shape index (κ3) is 2.31. The van der Waals surface area contributed by atoms with Crippen molar-refractivity contribution >= 4 is 41.2 Å².